The van der Waals surface area contributed by atoms with Gasteiger partial charge in [0.1, 0.15) is 25.3 Å². The number of carbonyl (C=O) groups is 4. The maximum Gasteiger partial charge on any atom is 0.408 e. The number of nitrogens with zero attached hydrogens (tertiary/aromatic N) is 2. The van der Waals surface area contributed by atoms with E-state index in [2.05, 4.69) is 29.1 Å². The van der Waals surface area contributed by atoms with Crippen molar-refractivity contribution < 1.29 is 33.9 Å². The van der Waals surface area contributed by atoms with Crippen molar-refractivity contribution in [1.29, 1.82) is 0 Å². The standard InChI is InChI=1S/C35H55N5O7/c1-7-21-46-34(43)37-30(25(3)4)32(41)36-29(23-27-15-11-9-12-16-27)19-20-39(24-28-17-13-10-14-18-28)40(45)33(42)31(26(5)6)38-35(44)47-22-8-2/h7-9,11-12,15-16,25-26,28-31,45H,1-2,10,13-14,17-24H2,3-6H3,(H,36,41)(H,37,43)(H,38,44)/t29-,30+,31+/m1/s1. The van der Waals surface area contributed by atoms with E-state index in [0.717, 1.165) is 37.7 Å². The Hall–Kier alpha value is -3.90. The van der Waals surface area contributed by atoms with E-state index in [4.69, 9.17) is 9.47 Å². The molecule has 0 spiro atoms. The second-order valence-electron chi connectivity index (χ2n) is 12.7. The Kier molecular flexibility index (Phi) is 17.6. The van der Waals surface area contributed by atoms with Crippen molar-refractivity contribution in [2.75, 3.05) is 26.3 Å². The number of carbonyl (C=O) groups excluding carboxylic acids is 4. The summed E-state index contributed by atoms with van der Waals surface area (Å²) in [6.45, 7) is 15.0. The van der Waals surface area contributed by atoms with Gasteiger partial charge in [-0.05, 0) is 49.0 Å². The van der Waals surface area contributed by atoms with Crippen LogP contribution in [0.2, 0.25) is 0 Å². The van der Waals surface area contributed by atoms with Gasteiger partial charge in [0.2, 0.25) is 5.91 Å². The molecule has 0 aliphatic heterocycles. The summed E-state index contributed by atoms with van der Waals surface area (Å²) >= 11 is 0. The molecule has 12 nitrogen and oxygen atoms in total. The first-order valence-electron chi connectivity index (χ1n) is 16.7. The lowest BCUT2D eigenvalue weighted by molar-refractivity contribution is -0.244. The minimum absolute atomic E-state index is 0.0147. The van der Waals surface area contributed by atoms with Gasteiger partial charge in [-0.1, -0.05) is 103 Å². The molecule has 1 aliphatic rings. The van der Waals surface area contributed by atoms with Crippen LogP contribution in [0.1, 0.15) is 71.8 Å². The summed E-state index contributed by atoms with van der Waals surface area (Å²) in [5.41, 5.74) is 0.995. The average Bonchev–Trinajstić information content (AvgIpc) is 3.05. The second kappa shape index (κ2) is 21.1. The van der Waals surface area contributed by atoms with Gasteiger partial charge in [-0.3, -0.25) is 14.8 Å². The normalized spacial score (nSPS) is 15.3. The topological polar surface area (TPSA) is 150 Å². The largest absolute Gasteiger partial charge is 0.445 e. The number of rotatable bonds is 19. The summed E-state index contributed by atoms with van der Waals surface area (Å²) in [5, 5.41) is 21.9. The lowest BCUT2D eigenvalue weighted by Crippen LogP contribution is -2.57. The Bertz CT molecular complexity index is 1140. The number of amides is 4. The molecule has 1 aliphatic carbocycles. The van der Waals surface area contributed by atoms with Crippen LogP contribution in [-0.2, 0) is 25.5 Å². The number of benzene rings is 1. The van der Waals surface area contributed by atoms with Crippen molar-refractivity contribution in [3.05, 3.63) is 61.2 Å². The summed E-state index contributed by atoms with van der Waals surface area (Å²) in [6.07, 6.45) is 7.51. The van der Waals surface area contributed by atoms with Crippen LogP contribution in [0.4, 0.5) is 9.59 Å². The summed E-state index contributed by atoms with van der Waals surface area (Å²) in [6, 6.07) is 7.41. The lowest BCUT2D eigenvalue weighted by Gasteiger charge is -2.37. The Morgan fingerprint density at radius 1 is 0.872 bits per heavy atom. The van der Waals surface area contributed by atoms with Gasteiger partial charge < -0.3 is 25.4 Å². The summed E-state index contributed by atoms with van der Waals surface area (Å²) in [7, 11) is 0. The molecule has 12 heteroatoms. The van der Waals surface area contributed by atoms with Gasteiger partial charge in [-0.25, -0.2) is 9.59 Å². The minimum Gasteiger partial charge on any atom is -0.445 e. The third kappa shape index (κ3) is 14.2. The Labute approximate surface area is 279 Å². The molecular weight excluding hydrogens is 602 g/mol. The molecule has 1 saturated carbocycles. The highest BCUT2D eigenvalue weighted by Gasteiger charge is 2.34. The summed E-state index contributed by atoms with van der Waals surface area (Å²) in [5.74, 6) is -1.34. The molecule has 0 heterocycles. The third-order valence-corrected chi connectivity index (χ3v) is 8.16. The molecule has 0 saturated heterocycles. The van der Waals surface area contributed by atoms with Crippen LogP contribution in [0.5, 0.6) is 0 Å². The average molecular weight is 658 g/mol. The number of alkyl carbamates (subject to hydrolysis) is 2. The molecule has 0 bridgehead atoms. The molecule has 47 heavy (non-hydrogen) atoms. The smallest absolute Gasteiger partial charge is 0.408 e. The minimum atomic E-state index is -1.04. The Morgan fingerprint density at radius 3 is 1.96 bits per heavy atom. The summed E-state index contributed by atoms with van der Waals surface area (Å²) < 4.78 is 10.1. The molecule has 0 unspecified atom stereocenters. The maximum absolute atomic E-state index is 13.6. The molecule has 1 aromatic rings. The molecule has 3 atom stereocenters. The van der Waals surface area contributed by atoms with Gasteiger partial charge in [0.05, 0.1) is 0 Å². The Morgan fingerprint density at radius 2 is 1.43 bits per heavy atom. The number of hydrazine groups is 1. The number of hydroxylamine groups is 1. The Balaban J connectivity index is 2.29. The summed E-state index contributed by atoms with van der Waals surface area (Å²) in [4.78, 5) is 51.8. The van der Waals surface area contributed by atoms with Crippen molar-refractivity contribution in [3.8, 4) is 0 Å². The van der Waals surface area contributed by atoms with Crippen LogP contribution < -0.4 is 16.0 Å². The van der Waals surface area contributed by atoms with Crippen molar-refractivity contribution in [3.63, 3.8) is 0 Å². The molecular formula is C35H55N5O7. The van der Waals surface area contributed by atoms with Crippen LogP contribution in [0.3, 0.4) is 0 Å². The van der Waals surface area contributed by atoms with E-state index in [1.165, 1.54) is 12.2 Å². The van der Waals surface area contributed by atoms with E-state index in [1.54, 1.807) is 18.9 Å². The maximum atomic E-state index is 13.6. The van der Waals surface area contributed by atoms with Gasteiger partial charge >= 0.3 is 12.2 Å². The highest BCUT2D eigenvalue weighted by Crippen LogP contribution is 2.25. The van der Waals surface area contributed by atoms with E-state index in [9.17, 15) is 24.4 Å². The zero-order valence-corrected chi connectivity index (χ0v) is 28.5. The number of nitrogens with one attached hydrogen (secondary N) is 3. The van der Waals surface area contributed by atoms with Crippen molar-refractivity contribution in [2.24, 2.45) is 17.8 Å². The first-order valence-corrected chi connectivity index (χ1v) is 16.7. The zero-order valence-electron chi connectivity index (χ0n) is 28.5. The van der Waals surface area contributed by atoms with Crippen LogP contribution in [0.15, 0.2) is 55.6 Å². The van der Waals surface area contributed by atoms with E-state index < -0.39 is 36.2 Å². The molecule has 4 N–H and O–H groups in total. The predicted molar refractivity (Wildman–Crippen MR) is 180 cm³/mol. The van der Waals surface area contributed by atoms with Crippen molar-refractivity contribution in [1.82, 2.24) is 26.1 Å². The fraction of sp³-hybridized carbons (Fsp3) is 0.600. The SMILES string of the molecule is C=CCOC(=O)N[C@H](C(=O)N[C@H](CCN(CC1CCCCC1)N(O)C(=O)[C@@H](NC(=O)OCC=C)C(C)C)Cc1ccccc1)C(C)C. The highest BCUT2D eigenvalue weighted by molar-refractivity contribution is 5.86. The third-order valence-electron chi connectivity index (χ3n) is 8.16. The quantitative estimate of drug-likeness (QED) is 0.0924. The molecule has 4 amide bonds. The van der Waals surface area contributed by atoms with Crippen LogP contribution in [-0.4, -0.2) is 83.8 Å². The zero-order chi connectivity index (χ0) is 34.8. The van der Waals surface area contributed by atoms with Crippen molar-refractivity contribution >= 4 is 24.0 Å². The number of ether oxygens (including phenoxy) is 2. The van der Waals surface area contributed by atoms with Crippen LogP contribution in [0, 0.1) is 17.8 Å². The number of hydrogen-bond donors (Lipinski definition) is 4. The van der Waals surface area contributed by atoms with Gasteiger partial charge in [0.25, 0.3) is 5.91 Å². The second-order valence-corrected chi connectivity index (χ2v) is 12.7. The fourth-order valence-electron chi connectivity index (χ4n) is 5.57. The first-order chi connectivity index (χ1) is 22.5. The van der Waals surface area contributed by atoms with E-state index in [1.807, 2.05) is 44.2 Å². The molecule has 0 aromatic heterocycles. The monoisotopic (exact) mass is 657 g/mol. The molecule has 1 fully saturated rings. The van der Waals surface area contributed by atoms with Gasteiger partial charge in [-0.15, -0.1) is 5.17 Å². The van der Waals surface area contributed by atoms with Crippen LogP contribution >= 0.6 is 0 Å². The molecule has 1 aromatic carbocycles. The molecule has 262 valence electrons. The van der Waals surface area contributed by atoms with Gasteiger partial charge in [0, 0.05) is 19.1 Å². The van der Waals surface area contributed by atoms with E-state index >= 15 is 0 Å². The van der Waals surface area contributed by atoms with Crippen LogP contribution in [0.25, 0.3) is 0 Å². The van der Waals surface area contributed by atoms with E-state index in [-0.39, 0.29) is 43.4 Å². The molecule has 0 radical (unpaired) electrons. The number of hydrogen-bond acceptors (Lipinski definition) is 8. The van der Waals surface area contributed by atoms with E-state index in [0.29, 0.717) is 24.6 Å². The van der Waals surface area contributed by atoms with Crippen molar-refractivity contribution in [2.45, 2.75) is 90.8 Å². The molecule has 2 rings (SSSR count). The predicted octanol–water partition coefficient (Wildman–Crippen LogP) is 4.99. The lowest BCUT2D eigenvalue weighted by atomic mass is 9.89. The fourth-order valence-corrected chi connectivity index (χ4v) is 5.57. The first kappa shape index (κ1) is 39.3. The van der Waals surface area contributed by atoms with Gasteiger partial charge in [0.15, 0.2) is 0 Å². The highest BCUT2D eigenvalue weighted by atomic mass is 16.6. The van der Waals surface area contributed by atoms with Gasteiger partial charge in [-0.2, -0.15) is 5.01 Å².